The van der Waals surface area contributed by atoms with E-state index in [1.54, 1.807) is 24.3 Å². The zero-order valence-electron chi connectivity index (χ0n) is 12.9. The third kappa shape index (κ3) is 3.91. The van der Waals surface area contributed by atoms with Gasteiger partial charge in [0.25, 0.3) is 5.56 Å². The Morgan fingerprint density at radius 2 is 2.00 bits per heavy atom. The van der Waals surface area contributed by atoms with Crippen LogP contribution < -0.4 is 16.0 Å². The highest BCUT2D eigenvalue weighted by molar-refractivity contribution is 5.84. The van der Waals surface area contributed by atoms with Gasteiger partial charge in [-0.3, -0.25) is 9.59 Å². The van der Waals surface area contributed by atoms with Crippen LogP contribution in [0.5, 0.6) is 0 Å². The number of nitrogens with one attached hydrogen (secondary N) is 1. The first-order valence-electron chi connectivity index (χ1n) is 7.22. The van der Waals surface area contributed by atoms with Crippen LogP contribution in [0.1, 0.15) is 26.3 Å². The molecule has 0 unspecified atom stereocenters. The molecule has 0 aliphatic rings. The Balaban J connectivity index is 2.43. The Bertz CT molecular complexity index is 784. The number of carboxylic acid groups (broad SMARTS) is 1. The molecule has 2 rings (SSSR count). The zero-order chi connectivity index (χ0) is 17.0. The number of amides is 1. The minimum atomic E-state index is -1.40. The molecule has 0 spiro atoms. The predicted octanol–water partition coefficient (Wildman–Crippen LogP) is -0.755. The van der Waals surface area contributed by atoms with E-state index in [0.29, 0.717) is 17.3 Å². The van der Waals surface area contributed by atoms with Crippen LogP contribution in [0.2, 0.25) is 0 Å². The Kier molecular flexibility index (Phi) is 5.05. The molecule has 0 saturated carbocycles. The van der Waals surface area contributed by atoms with Crippen LogP contribution in [0.25, 0.3) is 10.9 Å². The fourth-order valence-corrected chi connectivity index (χ4v) is 2.25. The highest BCUT2D eigenvalue weighted by Crippen LogP contribution is 2.16. The number of benzene rings is 1. The van der Waals surface area contributed by atoms with Crippen molar-refractivity contribution in [2.75, 3.05) is 6.54 Å². The van der Waals surface area contributed by atoms with Crippen LogP contribution in [0.4, 0.5) is 0 Å². The summed E-state index contributed by atoms with van der Waals surface area (Å²) in [7, 11) is 0. The molecule has 0 aliphatic heterocycles. The van der Waals surface area contributed by atoms with E-state index in [9.17, 15) is 19.5 Å². The molecule has 1 heterocycles. The quantitative estimate of drug-likeness (QED) is 0.749. The molecule has 0 saturated heterocycles. The molecule has 0 aliphatic carbocycles. The summed E-state index contributed by atoms with van der Waals surface area (Å²) in [6.45, 7) is 3.15. The van der Waals surface area contributed by atoms with Gasteiger partial charge >= 0.3 is 0 Å². The fraction of sp³-hybridized carbons (Fsp3) is 0.400. The number of carbonyl (C=O) groups excluding carboxylic acids is 2. The average molecular weight is 317 g/mol. The van der Waals surface area contributed by atoms with Crippen LogP contribution in [0.15, 0.2) is 29.1 Å². The van der Waals surface area contributed by atoms with E-state index in [0.717, 1.165) is 4.68 Å². The Labute approximate surface area is 132 Å². The number of aliphatic carboxylic acids is 1. The molecule has 1 aromatic heterocycles. The maximum Gasteiger partial charge on any atom is 0.278 e. The van der Waals surface area contributed by atoms with Gasteiger partial charge in [-0.25, -0.2) is 0 Å². The number of nitrogens with zero attached hydrogens (tertiary/aromatic N) is 3. The van der Waals surface area contributed by atoms with Gasteiger partial charge in [0.05, 0.1) is 17.9 Å². The van der Waals surface area contributed by atoms with Gasteiger partial charge < -0.3 is 15.2 Å². The van der Waals surface area contributed by atoms with Crippen molar-refractivity contribution >= 4 is 22.8 Å². The zero-order valence-corrected chi connectivity index (χ0v) is 12.9. The SMILES string of the molecule is CC(C)C[C@@H](C(=O)NCC(=O)[O-])n1nnc2ccccc2c1=O. The van der Waals surface area contributed by atoms with Gasteiger partial charge in [-0.15, -0.1) is 5.10 Å². The fourth-order valence-electron chi connectivity index (χ4n) is 2.25. The summed E-state index contributed by atoms with van der Waals surface area (Å²) in [6, 6.07) is 5.76. The molecule has 23 heavy (non-hydrogen) atoms. The van der Waals surface area contributed by atoms with Crippen molar-refractivity contribution in [3.05, 3.63) is 34.6 Å². The van der Waals surface area contributed by atoms with Crippen molar-refractivity contribution in [2.45, 2.75) is 26.3 Å². The highest BCUT2D eigenvalue weighted by atomic mass is 16.4. The summed E-state index contributed by atoms with van der Waals surface area (Å²) < 4.78 is 1.01. The summed E-state index contributed by atoms with van der Waals surface area (Å²) in [4.78, 5) is 35.3. The minimum Gasteiger partial charge on any atom is -0.548 e. The molecule has 1 aromatic carbocycles. The lowest BCUT2D eigenvalue weighted by atomic mass is 10.0. The van der Waals surface area contributed by atoms with Crippen LogP contribution in [0.3, 0.4) is 0 Å². The molecule has 122 valence electrons. The molecule has 8 nitrogen and oxygen atoms in total. The Morgan fingerprint density at radius 1 is 1.30 bits per heavy atom. The van der Waals surface area contributed by atoms with Crippen molar-refractivity contribution in [3.63, 3.8) is 0 Å². The van der Waals surface area contributed by atoms with Crippen molar-refractivity contribution in [2.24, 2.45) is 5.92 Å². The Morgan fingerprint density at radius 3 is 2.65 bits per heavy atom. The summed E-state index contributed by atoms with van der Waals surface area (Å²) >= 11 is 0. The van der Waals surface area contributed by atoms with E-state index in [-0.39, 0.29) is 5.92 Å². The van der Waals surface area contributed by atoms with Crippen LogP contribution >= 0.6 is 0 Å². The van der Waals surface area contributed by atoms with Gasteiger partial charge in [0, 0.05) is 0 Å². The first kappa shape index (κ1) is 16.6. The first-order valence-corrected chi connectivity index (χ1v) is 7.22. The van der Waals surface area contributed by atoms with Crippen molar-refractivity contribution in [1.82, 2.24) is 20.3 Å². The molecule has 2 aromatic rings. The third-order valence-electron chi connectivity index (χ3n) is 3.29. The summed E-state index contributed by atoms with van der Waals surface area (Å²) in [5, 5.41) is 20.9. The van der Waals surface area contributed by atoms with E-state index in [4.69, 9.17) is 0 Å². The second-order valence-electron chi connectivity index (χ2n) is 5.59. The number of hydrogen-bond donors (Lipinski definition) is 1. The number of fused-ring (bicyclic) bond motifs is 1. The molecule has 1 N–H and O–H groups in total. The van der Waals surface area contributed by atoms with Crippen molar-refractivity contribution < 1.29 is 14.7 Å². The minimum absolute atomic E-state index is 0.0915. The van der Waals surface area contributed by atoms with Gasteiger partial charge in [0.1, 0.15) is 11.6 Å². The highest BCUT2D eigenvalue weighted by Gasteiger charge is 2.24. The van der Waals surface area contributed by atoms with E-state index in [2.05, 4.69) is 15.6 Å². The van der Waals surface area contributed by atoms with E-state index in [1.807, 2.05) is 13.8 Å². The Hall–Kier alpha value is -2.77. The molecule has 0 bridgehead atoms. The third-order valence-corrected chi connectivity index (χ3v) is 3.29. The molecule has 1 amide bonds. The summed E-state index contributed by atoms with van der Waals surface area (Å²) in [5.74, 6) is -1.91. The van der Waals surface area contributed by atoms with Gasteiger partial charge in [-0.2, -0.15) is 4.68 Å². The van der Waals surface area contributed by atoms with Crippen molar-refractivity contribution in [3.8, 4) is 0 Å². The maximum absolute atomic E-state index is 12.5. The number of rotatable bonds is 6. The number of hydrogen-bond acceptors (Lipinski definition) is 6. The van der Waals surface area contributed by atoms with Crippen LogP contribution in [0, 0.1) is 5.92 Å². The smallest absolute Gasteiger partial charge is 0.278 e. The van der Waals surface area contributed by atoms with Gasteiger partial charge in [0.15, 0.2) is 0 Å². The number of aromatic nitrogens is 3. The van der Waals surface area contributed by atoms with Crippen molar-refractivity contribution in [1.29, 1.82) is 0 Å². The second-order valence-corrected chi connectivity index (χ2v) is 5.59. The molecule has 1 atom stereocenters. The molecule has 8 heteroatoms. The number of carbonyl (C=O) groups is 2. The molecular formula is C15H17N4O4-. The summed E-state index contributed by atoms with van der Waals surface area (Å²) in [6.07, 6.45) is 0.325. The monoisotopic (exact) mass is 317 g/mol. The largest absolute Gasteiger partial charge is 0.548 e. The van der Waals surface area contributed by atoms with Crippen LogP contribution in [-0.2, 0) is 9.59 Å². The lowest BCUT2D eigenvalue weighted by Crippen LogP contribution is -2.44. The van der Waals surface area contributed by atoms with Gasteiger partial charge in [-0.05, 0) is 24.5 Å². The average Bonchev–Trinajstić information content (AvgIpc) is 2.51. The first-order chi connectivity index (χ1) is 10.9. The molecule has 0 fully saturated rings. The van der Waals surface area contributed by atoms with Crippen LogP contribution in [-0.4, -0.2) is 33.4 Å². The molecular weight excluding hydrogens is 300 g/mol. The second kappa shape index (κ2) is 6.99. The van der Waals surface area contributed by atoms with E-state index in [1.165, 1.54) is 0 Å². The predicted molar refractivity (Wildman–Crippen MR) is 80.3 cm³/mol. The number of carboxylic acids is 1. The van der Waals surface area contributed by atoms with Gasteiger partial charge in [-0.1, -0.05) is 31.2 Å². The standard InChI is InChI=1S/C15H18N4O4/c1-9(2)7-12(14(22)16-8-13(20)21)19-15(23)10-5-3-4-6-11(10)17-18-19/h3-6,9,12H,7-8H2,1-2H3,(H,16,22)(H,20,21)/p-1/t12-/m0/s1. The van der Waals surface area contributed by atoms with E-state index >= 15 is 0 Å². The maximum atomic E-state index is 12.5. The lowest BCUT2D eigenvalue weighted by Gasteiger charge is -2.19. The lowest BCUT2D eigenvalue weighted by molar-refractivity contribution is -0.304. The van der Waals surface area contributed by atoms with Gasteiger partial charge in [0.2, 0.25) is 5.91 Å². The summed E-state index contributed by atoms with van der Waals surface area (Å²) in [5.41, 5.74) is -0.00274. The molecule has 0 radical (unpaired) electrons. The topological polar surface area (TPSA) is 117 Å². The normalized spacial score (nSPS) is 12.3. The van der Waals surface area contributed by atoms with E-state index < -0.39 is 30.0 Å².